The lowest BCUT2D eigenvalue weighted by Crippen LogP contribution is -2.33. The number of hydrogen-bond acceptors (Lipinski definition) is 9. The molecule has 0 saturated heterocycles. The zero-order chi connectivity index (χ0) is 25.8. The molecule has 14 heteroatoms. The molecule has 0 bridgehead atoms. The van der Waals surface area contributed by atoms with Crippen molar-refractivity contribution in [1.82, 2.24) is 15.6 Å². The Morgan fingerprint density at radius 1 is 1.36 bits per heavy atom. The molecule has 1 aromatic heterocycles. The van der Waals surface area contributed by atoms with Crippen LogP contribution in [0.2, 0.25) is 0 Å². The van der Waals surface area contributed by atoms with Crippen molar-refractivity contribution >= 4 is 57.6 Å². The molecule has 1 saturated carbocycles. The van der Waals surface area contributed by atoms with Gasteiger partial charge in [-0.1, -0.05) is 24.4 Å². The van der Waals surface area contributed by atoms with E-state index in [0.29, 0.717) is 37.6 Å². The highest BCUT2D eigenvalue weighted by molar-refractivity contribution is 9.10. The van der Waals surface area contributed by atoms with E-state index < -0.39 is 5.82 Å². The molecule has 0 aliphatic heterocycles. The summed E-state index contributed by atoms with van der Waals surface area (Å²) < 4.78 is 23.1. The summed E-state index contributed by atoms with van der Waals surface area (Å²) in [6.45, 7) is 1.09. The van der Waals surface area contributed by atoms with Crippen molar-refractivity contribution in [1.29, 1.82) is 0 Å². The van der Waals surface area contributed by atoms with Crippen molar-refractivity contribution < 1.29 is 18.7 Å². The fourth-order valence-electron chi connectivity index (χ4n) is 3.72. The molecule has 1 amide bonds. The van der Waals surface area contributed by atoms with Crippen LogP contribution in [0.3, 0.4) is 0 Å². The molecular weight excluding hydrogens is 555 g/mol. The van der Waals surface area contributed by atoms with Gasteiger partial charge in [0.2, 0.25) is 18.1 Å². The number of anilines is 2. The summed E-state index contributed by atoms with van der Waals surface area (Å²) in [7, 11) is 1.33. The van der Waals surface area contributed by atoms with Crippen molar-refractivity contribution in [3.8, 4) is 0 Å². The largest absolute Gasteiger partial charge is 0.397 e. The Morgan fingerprint density at radius 3 is 2.89 bits per heavy atom. The first-order valence-corrected chi connectivity index (χ1v) is 13.3. The van der Waals surface area contributed by atoms with E-state index in [-0.39, 0.29) is 21.8 Å². The highest BCUT2D eigenvalue weighted by atomic mass is 79.9. The van der Waals surface area contributed by atoms with E-state index in [0.717, 1.165) is 16.6 Å². The minimum Gasteiger partial charge on any atom is -0.397 e. The average Bonchev–Trinajstić information content (AvgIpc) is 3.34. The van der Waals surface area contributed by atoms with Gasteiger partial charge in [-0.2, -0.15) is 4.40 Å². The minimum atomic E-state index is -0.470. The van der Waals surface area contributed by atoms with E-state index in [1.54, 1.807) is 0 Å². The number of rotatable bonds is 12. The Balaban J connectivity index is 1.51. The molecule has 196 valence electrons. The lowest BCUT2D eigenvalue weighted by molar-refractivity contribution is -0.106. The highest BCUT2D eigenvalue weighted by Gasteiger charge is 2.25. The molecule has 0 unspecified atom stereocenters. The molecule has 1 heterocycles. The first-order valence-electron chi connectivity index (χ1n) is 11.6. The van der Waals surface area contributed by atoms with Gasteiger partial charge >= 0.3 is 0 Å². The molecule has 0 atom stereocenters. The van der Waals surface area contributed by atoms with Gasteiger partial charge < -0.3 is 21.2 Å². The first kappa shape index (κ1) is 27.7. The molecule has 1 aliphatic rings. The summed E-state index contributed by atoms with van der Waals surface area (Å²) in [6.07, 6.45) is 7.73. The van der Waals surface area contributed by atoms with Crippen LogP contribution >= 0.6 is 27.9 Å². The molecule has 4 N–H and O–H groups in total. The Labute approximate surface area is 221 Å². The van der Waals surface area contributed by atoms with Crippen molar-refractivity contribution in [2.45, 2.75) is 38.5 Å². The van der Waals surface area contributed by atoms with Gasteiger partial charge in [-0.25, -0.2) is 9.02 Å². The molecule has 3 rings (SSSR count). The maximum absolute atomic E-state index is 13.7. The number of guanidine groups is 1. The number of benzene rings is 1. The summed E-state index contributed by atoms with van der Waals surface area (Å²) in [6, 6.07) is 4.07. The zero-order valence-electron chi connectivity index (χ0n) is 20.0. The van der Waals surface area contributed by atoms with Crippen LogP contribution in [0.25, 0.3) is 0 Å². The predicted molar refractivity (Wildman–Crippen MR) is 142 cm³/mol. The molecule has 1 aromatic carbocycles. The monoisotopic (exact) mass is 584 g/mol. The molecule has 1 fully saturated rings. The second-order valence-corrected chi connectivity index (χ2v) is 9.74. The number of nitrogens with one attached hydrogen (secondary N) is 2. The number of nitrogens with two attached hydrogens (primary N) is 1. The number of aromatic nitrogens is 2. The quantitative estimate of drug-likeness (QED) is 0.0845. The number of carbonyl (C=O) groups is 1. The molecule has 11 nitrogen and oxygen atoms in total. The van der Waals surface area contributed by atoms with Crippen molar-refractivity contribution in [2.24, 2.45) is 21.2 Å². The molecule has 2 aromatic rings. The number of nitrogens with zero attached hydrogens (tertiary/aromatic N) is 5. The SMILES string of the molecule is CO/N=C(/c1nonc1NCCCN/C(N)=N\SCC1CCCCC1)N(C=O)c1ccc(F)c(Br)c1. The van der Waals surface area contributed by atoms with Gasteiger partial charge in [-0.15, -0.1) is 0 Å². The molecular formula is C22H30BrFN8O3S. The van der Waals surface area contributed by atoms with Gasteiger partial charge in [0, 0.05) is 18.8 Å². The fraction of sp³-hybridized carbons (Fsp3) is 0.500. The molecule has 0 radical (unpaired) electrons. The number of amides is 1. The number of oxime groups is 1. The average molecular weight is 586 g/mol. The number of halogens is 2. The van der Waals surface area contributed by atoms with Crippen molar-refractivity contribution in [3.63, 3.8) is 0 Å². The summed E-state index contributed by atoms with van der Waals surface area (Å²) in [5.41, 5.74) is 6.44. The summed E-state index contributed by atoms with van der Waals surface area (Å²) in [5, 5.41) is 17.8. The number of carbonyl (C=O) groups excluding carboxylic acids is 1. The van der Waals surface area contributed by atoms with Gasteiger partial charge in [-0.3, -0.25) is 9.69 Å². The number of amidine groups is 1. The van der Waals surface area contributed by atoms with Gasteiger partial charge in [0.1, 0.15) is 12.9 Å². The Hall–Kier alpha value is -2.87. The third kappa shape index (κ3) is 8.08. The maximum Gasteiger partial charge on any atom is 0.220 e. The third-order valence-corrected chi connectivity index (χ3v) is 7.10. The smallest absolute Gasteiger partial charge is 0.220 e. The lowest BCUT2D eigenvalue weighted by Gasteiger charge is -2.19. The Bertz CT molecular complexity index is 1050. The molecule has 36 heavy (non-hydrogen) atoms. The second-order valence-electron chi connectivity index (χ2n) is 8.12. The summed E-state index contributed by atoms with van der Waals surface area (Å²) in [4.78, 5) is 17.9. The molecule has 1 aliphatic carbocycles. The van der Waals surface area contributed by atoms with E-state index >= 15 is 0 Å². The van der Waals surface area contributed by atoms with Gasteiger partial charge in [0.15, 0.2) is 11.7 Å². The van der Waals surface area contributed by atoms with Crippen LogP contribution < -0.4 is 21.3 Å². The van der Waals surface area contributed by atoms with Crippen LogP contribution in [0.1, 0.15) is 44.2 Å². The van der Waals surface area contributed by atoms with Crippen molar-refractivity contribution in [3.05, 3.63) is 34.2 Å². The van der Waals surface area contributed by atoms with E-state index in [1.807, 2.05) is 0 Å². The van der Waals surface area contributed by atoms with E-state index in [9.17, 15) is 9.18 Å². The van der Waals surface area contributed by atoms with E-state index in [2.05, 4.69) is 46.4 Å². The Kier molecular flexibility index (Phi) is 11.3. The van der Waals surface area contributed by atoms with Crippen LogP contribution in [0, 0.1) is 11.7 Å². The third-order valence-electron chi connectivity index (χ3n) is 5.54. The first-order chi connectivity index (χ1) is 17.5. The normalized spacial score (nSPS) is 15.0. The van der Waals surface area contributed by atoms with Gasteiger partial charge in [-0.05, 0) is 81.6 Å². The van der Waals surface area contributed by atoms with Gasteiger partial charge in [0.25, 0.3) is 0 Å². The maximum atomic E-state index is 13.7. The predicted octanol–water partition coefficient (Wildman–Crippen LogP) is 3.88. The number of hydrogen-bond donors (Lipinski definition) is 3. The highest BCUT2D eigenvalue weighted by Crippen LogP contribution is 2.27. The summed E-state index contributed by atoms with van der Waals surface area (Å²) >= 11 is 4.63. The second kappa shape index (κ2) is 14.6. The van der Waals surface area contributed by atoms with Crippen LogP contribution in [-0.2, 0) is 9.63 Å². The van der Waals surface area contributed by atoms with E-state index in [1.165, 1.54) is 69.4 Å². The van der Waals surface area contributed by atoms with Crippen LogP contribution in [-0.4, -0.2) is 54.5 Å². The minimum absolute atomic E-state index is 0.0132. The standard InChI is InChI=1S/C22H30BrFN8O3S/c1-34-30-21(32(14-33)16-8-9-18(24)17(23)12-16)19-20(29-35-28-19)26-10-5-11-27-22(25)31-36-13-15-6-3-2-4-7-15/h8-9,12,14-15H,2-7,10-11,13H2,1H3,(H,26,29)(H3,25,27,31)/b30-21-. The lowest BCUT2D eigenvalue weighted by atomic mass is 9.91. The zero-order valence-corrected chi connectivity index (χ0v) is 22.4. The van der Waals surface area contributed by atoms with Crippen molar-refractivity contribution in [2.75, 3.05) is 36.2 Å². The van der Waals surface area contributed by atoms with Crippen LogP contribution in [0.5, 0.6) is 0 Å². The molecule has 0 spiro atoms. The van der Waals surface area contributed by atoms with Gasteiger partial charge in [0.05, 0.1) is 10.2 Å². The van der Waals surface area contributed by atoms with Crippen LogP contribution in [0.4, 0.5) is 15.9 Å². The topological polar surface area (TPSA) is 143 Å². The van der Waals surface area contributed by atoms with Crippen LogP contribution in [0.15, 0.2) is 36.9 Å². The van der Waals surface area contributed by atoms with E-state index in [4.69, 9.17) is 15.2 Å². The summed E-state index contributed by atoms with van der Waals surface area (Å²) in [5.74, 6) is 1.96. The Morgan fingerprint density at radius 2 is 2.17 bits per heavy atom. The fourth-order valence-corrected chi connectivity index (χ4v) is 4.91.